The highest BCUT2D eigenvalue weighted by atomic mass is 16.4. The van der Waals surface area contributed by atoms with Gasteiger partial charge in [-0.3, -0.25) is 9.69 Å². The van der Waals surface area contributed by atoms with E-state index in [1.54, 1.807) is 12.3 Å². The lowest BCUT2D eigenvalue weighted by molar-refractivity contribution is -0.114. The number of aliphatic hydroxyl groups is 1. The van der Waals surface area contributed by atoms with Crippen LogP contribution in [0.1, 0.15) is 43.6 Å². The standard InChI is InChI=1S/C19H24N2O3/c1-14(22)20-16-6-2-5-15(11-16)13-21-9-3-7-17(21)12-18(23)19-8-4-10-24-19/h2,4-6,8,10-11,17-18,23H,3,7,9,12-13H2,1H3,(H,20,22). The second-order valence-corrected chi connectivity index (χ2v) is 6.42. The zero-order valence-corrected chi connectivity index (χ0v) is 13.9. The van der Waals surface area contributed by atoms with Crippen LogP contribution < -0.4 is 5.32 Å². The number of benzene rings is 1. The summed E-state index contributed by atoms with van der Waals surface area (Å²) in [6, 6.07) is 11.9. The maximum Gasteiger partial charge on any atom is 0.221 e. The average Bonchev–Trinajstić information content (AvgIpc) is 3.19. The molecular weight excluding hydrogens is 304 g/mol. The van der Waals surface area contributed by atoms with Gasteiger partial charge in [0.1, 0.15) is 11.9 Å². The Morgan fingerprint density at radius 3 is 3.04 bits per heavy atom. The normalized spacial score (nSPS) is 19.3. The Hall–Kier alpha value is -2.11. The molecule has 1 aromatic heterocycles. The number of likely N-dealkylation sites (tertiary alicyclic amines) is 1. The molecule has 5 heteroatoms. The molecule has 1 amide bonds. The van der Waals surface area contributed by atoms with Gasteiger partial charge in [0.25, 0.3) is 0 Å². The molecular formula is C19H24N2O3. The van der Waals surface area contributed by atoms with Gasteiger partial charge in [0.05, 0.1) is 6.26 Å². The third kappa shape index (κ3) is 4.24. The summed E-state index contributed by atoms with van der Waals surface area (Å²) in [5, 5.41) is 13.2. The fourth-order valence-electron chi connectivity index (χ4n) is 3.41. The second-order valence-electron chi connectivity index (χ2n) is 6.42. The van der Waals surface area contributed by atoms with Gasteiger partial charge in [-0.25, -0.2) is 0 Å². The fourth-order valence-corrected chi connectivity index (χ4v) is 3.41. The summed E-state index contributed by atoms with van der Waals surface area (Å²) < 4.78 is 5.30. The van der Waals surface area contributed by atoms with E-state index in [9.17, 15) is 9.90 Å². The summed E-state index contributed by atoms with van der Waals surface area (Å²) in [7, 11) is 0. The lowest BCUT2D eigenvalue weighted by atomic mass is 10.0. The number of rotatable bonds is 6. The first kappa shape index (κ1) is 16.7. The second kappa shape index (κ2) is 7.64. The minimum Gasteiger partial charge on any atom is -0.467 e. The predicted molar refractivity (Wildman–Crippen MR) is 92.5 cm³/mol. The molecule has 2 N–H and O–H groups in total. The Morgan fingerprint density at radius 2 is 2.29 bits per heavy atom. The molecule has 1 aliphatic rings. The van der Waals surface area contributed by atoms with Crippen molar-refractivity contribution in [2.45, 2.75) is 44.9 Å². The molecule has 0 bridgehead atoms. The highest BCUT2D eigenvalue weighted by Crippen LogP contribution is 2.29. The number of amides is 1. The van der Waals surface area contributed by atoms with Gasteiger partial charge in [0.2, 0.25) is 5.91 Å². The van der Waals surface area contributed by atoms with Crippen LogP contribution in [0.2, 0.25) is 0 Å². The van der Waals surface area contributed by atoms with Crippen LogP contribution in [-0.4, -0.2) is 28.5 Å². The Morgan fingerprint density at radius 1 is 1.42 bits per heavy atom. The first-order valence-electron chi connectivity index (χ1n) is 8.44. The largest absolute Gasteiger partial charge is 0.467 e. The van der Waals surface area contributed by atoms with Crippen molar-refractivity contribution in [2.75, 3.05) is 11.9 Å². The van der Waals surface area contributed by atoms with E-state index >= 15 is 0 Å². The lowest BCUT2D eigenvalue weighted by Crippen LogP contribution is -2.30. The molecule has 1 saturated heterocycles. The van der Waals surface area contributed by atoms with Crippen LogP contribution in [0.3, 0.4) is 0 Å². The van der Waals surface area contributed by atoms with E-state index in [0.29, 0.717) is 18.2 Å². The summed E-state index contributed by atoms with van der Waals surface area (Å²) in [6.07, 6.45) is 3.94. The summed E-state index contributed by atoms with van der Waals surface area (Å²) in [4.78, 5) is 13.6. The van der Waals surface area contributed by atoms with Gasteiger partial charge < -0.3 is 14.8 Å². The first-order chi connectivity index (χ1) is 11.6. The summed E-state index contributed by atoms with van der Waals surface area (Å²) in [5.74, 6) is 0.572. The van der Waals surface area contributed by atoms with Gasteiger partial charge in [-0.2, -0.15) is 0 Å². The van der Waals surface area contributed by atoms with Crippen LogP contribution in [0.15, 0.2) is 47.1 Å². The van der Waals surface area contributed by atoms with Crippen LogP contribution in [0, 0.1) is 0 Å². The van der Waals surface area contributed by atoms with Gasteiger partial charge in [-0.15, -0.1) is 0 Å². The Balaban J connectivity index is 1.62. The molecule has 5 nitrogen and oxygen atoms in total. The number of nitrogens with zero attached hydrogens (tertiary/aromatic N) is 1. The van der Waals surface area contributed by atoms with Crippen LogP contribution in [0.25, 0.3) is 0 Å². The van der Waals surface area contributed by atoms with Gasteiger partial charge >= 0.3 is 0 Å². The van der Waals surface area contributed by atoms with E-state index in [1.165, 1.54) is 12.5 Å². The topological polar surface area (TPSA) is 65.7 Å². The van der Waals surface area contributed by atoms with E-state index in [0.717, 1.165) is 31.6 Å². The van der Waals surface area contributed by atoms with E-state index < -0.39 is 6.10 Å². The number of furan rings is 1. The molecule has 1 aromatic carbocycles. The number of nitrogens with one attached hydrogen (secondary N) is 1. The summed E-state index contributed by atoms with van der Waals surface area (Å²) in [5.41, 5.74) is 1.99. The van der Waals surface area contributed by atoms with Gasteiger partial charge in [0, 0.05) is 25.2 Å². The van der Waals surface area contributed by atoms with Gasteiger partial charge in [0.15, 0.2) is 0 Å². The molecule has 2 heterocycles. The van der Waals surface area contributed by atoms with Crippen molar-refractivity contribution < 1.29 is 14.3 Å². The van der Waals surface area contributed by atoms with Crippen molar-refractivity contribution >= 4 is 11.6 Å². The summed E-state index contributed by atoms with van der Waals surface area (Å²) >= 11 is 0. The molecule has 0 radical (unpaired) electrons. The van der Waals surface area contributed by atoms with Crippen LogP contribution in [0.5, 0.6) is 0 Å². The number of aliphatic hydroxyl groups excluding tert-OH is 1. The molecule has 0 spiro atoms. The van der Waals surface area contributed by atoms with Crippen LogP contribution >= 0.6 is 0 Å². The third-order valence-corrected chi connectivity index (χ3v) is 4.50. The smallest absolute Gasteiger partial charge is 0.221 e. The monoisotopic (exact) mass is 328 g/mol. The fraction of sp³-hybridized carbons (Fsp3) is 0.421. The maximum atomic E-state index is 11.2. The predicted octanol–water partition coefficient (Wildman–Crippen LogP) is 3.33. The van der Waals surface area contributed by atoms with E-state index in [2.05, 4.69) is 16.3 Å². The minimum absolute atomic E-state index is 0.0623. The zero-order valence-electron chi connectivity index (χ0n) is 13.9. The van der Waals surface area contributed by atoms with Crippen molar-refractivity contribution in [1.29, 1.82) is 0 Å². The van der Waals surface area contributed by atoms with Crippen molar-refractivity contribution in [3.63, 3.8) is 0 Å². The van der Waals surface area contributed by atoms with Gasteiger partial charge in [-0.05, 0) is 55.6 Å². The number of anilines is 1. The van der Waals surface area contributed by atoms with E-state index in [1.807, 2.05) is 24.3 Å². The SMILES string of the molecule is CC(=O)Nc1cccc(CN2CCCC2CC(O)c2ccco2)c1. The molecule has 2 atom stereocenters. The zero-order chi connectivity index (χ0) is 16.9. The quantitative estimate of drug-likeness (QED) is 0.854. The van der Waals surface area contributed by atoms with Crippen LogP contribution in [0.4, 0.5) is 5.69 Å². The molecule has 1 aliphatic heterocycles. The molecule has 2 aromatic rings. The third-order valence-electron chi connectivity index (χ3n) is 4.50. The van der Waals surface area contributed by atoms with Crippen molar-refractivity contribution in [3.8, 4) is 0 Å². The van der Waals surface area contributed by atoms with Crippen molar-refractivity contribution in [2.24, 2.45) is 0 Å². The Labute approximate surface area is 142 Å². The molecule has 2 unspecified atom stereocenters. The molecule has 24 heavy (non-hydrogen) atoms. The first-order valence-corrected chi connectivity index (χ1v) is 8.44. The lowest BCUT2D eigenvalue weighted by Gasteiger charge is -2.26. The highest BCUT2D eigenvalue weighted by molar-refractivity contribution is 5.88. The minimum atomic E-state index is -0.559. The average molecular weight is 328 g/mol. The van der Waals surface area contributed by atoms with Crippen molar-refractivity contribution in [3.05, 3.63) is 54.0 Å². The molecule has 128 valence electrons. The van der Waals surface area contributed by atoms with E-state index in [-0.39, 0.29) is 5.91 Å². The van der Waals surface area contributed by atoms with E-state index in [4.69, 9.17) is 4.42 Å². The van der Waals surface area contributed by atoms with Gasteiger partial charge in [-0.1, -0.05) is 12.1 Å². The molecule has 0 aliphatic carbocycles. The Kier molecular flexibility index (Phi) is 5.33. The Bertz CT molecular complexity index is 669. The number of hydrogen-bond donors (Lipinski definition) is 2. The highest BCUT2D eigenvalue weighted by Gasteiger charge is 2.28. The number of carbonyl (C=O) groups is 1. The maximum absolute atomic E-state index is 11.2. The number of hydrogen-bond acceptors (Lipinski definition) is 4. The molecule has 3 rings (SSSR count). The van der Waals surface area contributed by atoms with Crippen molar-refractivity contribution in [1.82, 2.24) is 4.90 Å². The number of carbonyl (C=O) groups excluding carboxylic acids is 1. The molecule has 0 saturated carbocycles. The molecule has 1 fully saturated rings. The van der Waals surface area contributed by atoms with Crippen LogP contribution in [-0.2, 0) is 11.3 Å². The summed E-state index contributed by atoms with van der Waals surface area (Å²) in [6.45, 7) is 3.36.